The lowest BCUT2D eigenvalue weighted by atomic mass is 10.1. The Labute approximate surface area is 234 Å². The SMILES string of the molecule is Cc1ccc(NC(=O)CN2C(=O)S/C(=C/c3c(C)n(Cc4ccc([N+](=O)[O-])cc4)c4ccccc34)C2=O)cc1C. The number of nitro benzene ring substituents is 1. The largest absolute Gasteiger partial charge is 0.340 e. The standard InChI is InChI=1S/C30H26N4O5S/c1-18-8-11-22(14-19(18)2)31-28(35)17-33-29(36)27(40-30(33)37)15-25-20(3)32(26-7-5-4-6-24(25)26)16-21-9-12-23(13-10-21)34(38)39/h4-15H,16-17H2,1-3H3,(H,31,35)/b27-15+. The Kier molecular flexibility index (Phi) is 7.27. The van der Waals surface area contributed by atoms with Crippen LogP contribution in [0.5, 0.6) is 0 Å². The van der Waals surface area contributed by atoms with Crippen LogP contribution in [0.15, 0.2) is 71.6 Å². The van der Waals surface area contributed by atoms with Crippen LogP contribution in [0.1, 0.15) is 27.9 Å². The van der Waals surface area contributed by atoms with Gasteiger partial charge in [-0.25, -0.2) is 0 Å². The summed E-state index contributed by atoms with van der Waals surface area (Å²) in [5.74, 6) is -0.973. The van der Waals surface area contributed by atoms with Gasteiger partial charge in [-0.1, -0.05) is 36.4 Å². The minimum Gasteiger partial charge on any atom is -0.340 e. The molecule has 5 rings (SSSR count). The van der Waals surface area contributed by atoms with Crippen molar-refractivity contribution in [1.82, 2.24) is 9.47 Å². The molecule has 1 saturated heterocycles. The van der Waals surface area contributed by atoms with Crippen LogP contribution in [-0.4, -0.2) is 38.0 Å². The zero-order valence-electron chi connectivity index (χ0n) is 22.1. The lowest BCUT2D eigenvalue weighted by Gasteiger charge is -2.13. The average molecular weight is 555 g/mol. The summed E-state index contributed by atoms with van der Waals surface area (Å²) in [6.07, 6.45) is 1.70. The fraction of sp³-hybridized carbons (Fsp3) is 0.167. The van der Waals surface area contributed by atoms with E-state index in [1.54, 1.807) is 24.3 Å². The first kappa shape index (κ1) is 26.9. The number of amides is 3. The van der Waals surface area contributed by atoms with E-state index in [1.807, 2.05) is 57.2 Å². The number of hydrogen-bond donors (Lipinski definition) is 1. The molecule has 0 aliphatic carbocycles. The molecule has 0 spiro atoms. The molecule has 2 heterocycles. The molecule has 3 amide bonds. The fourth-order valence-electron chi connectivity index (χ4n) is 4.68. The predicted molar refractivity (Wildman–Crippen MR) is 156 cm³/mol. The minimum atomic E-state index is -0.517. The molecule has 40 heavy (non-hydrogen) atoms. The van der Waals surface area contributed by atoms with Gasteiger partial charge in [0, 0.05) is 46.5 Å². The number of carbonyl (C=O) groups is 3. The average Bonchev–Trinajstić information content (AvgIpc) is 3.34. The second-order valence-electron chi connectivity index (χ2n) is 9.64. The Bertz CT molecular complexity index is 1720. The molecule has 0 radical (unpaired) electrons. The highest BCUT2D eigenvalue weighted by atomic mass is 32.2. The maximum absolute atomic E-state index is 13.2. The van der Waals surface area contributed by atoms with Crippen molar-refractivity contribution in [1.29, 1.82) is 0 Å². The van der Waals surface area contributed by atoms with Crippen LogP contribution in [-0.2, 0) is 16.1 Å². The number of rotatable bonds is 7. The van der Waals surface area contributed by atoms with Gasteiger partial charge in [-0.15, -0.1) is 0 Å². The predicted octanol–water partition coefficient (Wildman–Crippen LogP) is 6.20. The third-order valence-corrected chi connectivity index (χ3v) is 7.92. The van der Waals surface area contributed by atoms with Gasteiger partial charge < -0.3 is 9.88 Å². The normalized spacial score (nSPS) is 14.4. The number of aryl methyl sites for hydroxylation is 2. The van der Waals surface area contributed by atoms with Crippen LogP contribution < -0.4 is 5.32 Å². The van der Waals surface area contributed by atoms with Crippen molar-refractivity contribution < 1.29 is 19.3 Å². The highest BCUT2D eigenvalue weighted by Gasteiger charge is 2.36. The summed E-state index contributed by atoms with van der Waals surface area (Å²) >= 11 is 0.810. The van der Waals surface area contributed by atoms with Gasteiger partial charge in [0.1, 0.15) is 6.54 Å². The molecule has 202 valence electrons. The molecule has 0 saturated carbocycles. The van der Waals surface area contributed by atoms with Crippen LogP contribution >= 0.6 is 11.8 Å². The Balaban J connectivity index is 1.39. The van der Waals surface area contributed by atoms with Crippen molar-refractivity contribution in [2.45, 2.75) is 27.3 Å². The lowest BCUT2D eigenvalue weighted by Crippen LogP contribution is -2.36. The number of nitrogens with one attached hydrogen (secondary N) is 1. The lowest BCUT2D eigenvalue weighted by molar-refractivity contribution is -0.384. The monoisotopic (exact) mass is 554 g/mol. The highest BCUT2D eigenvalue weighted by molar-refractivity contribution is 8.18. The van der Waals surface area contributed by atoms with Crippen LogP contribution in [0.3, 0.4) is 0 Å². The molecule has 1 N–H and O–H groups in total. The summed E-state index contributed by atoms with van der Waals surface area (Å²) in [6, 6.07) is 19.6. The molecule has 0 bridgehead atoms. The molecule has 9 nitrogen and oxygen atoms in total. The van der Waals surface area contributed by atoms with Crippen LogP contribution in [0.2, 0.25) is 0 Å². The van der Waals surface area contributed by atoms with Gasteiger partial charge in [0.15, 0.2) is 0 Å². The number of hydrogen-bond acceptors (Lipinski definition) is 6. The summed E-state index contributed by atoms with van der Waals surface area (Å²) in [4.78, 5) is 50.4. The zero-order valence-corrected chi connectivity index (χ0v) is 23.0. The Morgan fingerprint density at radius 1 is 1.00 bits per heavy atom. The molecule has 1 fully saturated rings. The molecule has 1 aromatic heterocycles. The van der Waals surface area contributed by atoms with Crippen molar-refractivity contribution in [3.05, 3.63) is 110 Å². The van der Waals surface area contributed by atoms with Gasteiger partial charge in [-0.05, 0) is 73.5 Å². The molecular weight excluding hydrogens is 528 g/mol. The number of anilines is 1. The highest BCUT2D eigenvalue weighted by Crippen LogP contribution is 2.36. The Hall–Kier alpha value is -4.70. The van der Waals surface area contributed by atoms with E-state index in [4.69, 9.17) is 0 Å². The number of non-ortho nitro benzene ring substituents is 1. The van der Waals surface area contributed by atoms with Crippen LogP contribution in [0.4, 0.5) is 16.2 Å². The molecule has 0 unspecified atom stereocenters. The number of para-hydroxylation sites is 1. The maximum atomic E-state index is 13.2. The van der Waals surface area contributed by atoms with Crippen molar-refractivity contribution in [3.63, 3.8) is 0 Å². The summed E-state index contributed by atoms with van der Waals surface area (Å²) in [7, 11) is 0. The molecular formula is C30H26N4O5S. The summed E-state index contributed by atoms with van der Waals surface area (Å²) in [5, 5.41) is 14.2. The van der Waals surface area contributed by atoms with Crippen molar-refractivity contribution in [2.75, 3.05) is 11.9 Å². The number of carbonyl (C=O) groups excluding carboxylic acids is 3. The van der Waals surface area contributed by atoms with Gasteiger partial charge in [0.05, 0.1) is 9.83 Å². The summed E-state index contributed by atoms with van der Waals surface area (Å²) in [6.45, 7) is 5.94. The van der Waals surface area contributed by atoms with Crippen molar-refractivity contribution >= 4 is 57.2 Å². The molecule has 1 aliphatic rings. The number of benzene rings is 3. The third-order valence-electron chi connectivity index (χ3n) is 7.01. The Morgan fingerprint density at radius 2 is 1.73 bits per heavy atom. The van der Waals surface area contributed by atoms with E-state index < -0.39 is 22.0 Å². The number of thioether (sulfide) groups is 1. The first-order chi connectivity index (χ1) is 19.1. The molecule has 3 aromatic carbocycles. The number of fused-ring (bicyclic) bond motifs is 1. The number of aromatic nitrogens is 1. The first-order valence-corrected chi connectivity index (χ1v) is 13.4. The van der Waals surface area contributed by atoms with E-state index in [9.17, 15) is 24.5 Å². The number of imide groups is 1. The summed E-state index contributed by atoms with van der Waals surface area (Å²) in [5.41, 5.74) is 6.23. The second kappa shape index (κ2) is 10.8. The van der Waals surface area contributed by atoms with E-state index in [0.717, 1.165) is 55.5 Å². The molecule has 10 heteroatoms. The van der Waals surface area contributed by atoms with Crippen molar-refractivity contribution in [3.8, 4) is 0 Å². The van der Waals surface area contributed by atoms with Crippen molar-refractivity contribution in [2.24, 2.45) is 0 Å². The van der Waals surface area contributed by atoms with E-state index in [2.05, 4.69) is 9.88 Å². The van der Waals surface area contributed by atoms with E-state index in [-0.39, 0.29) is 17.1 Å². The smallest absolute Gasteiger partial charge is 0.294 e. The topological polar surface area (TPSA) is 115 Å². The van der Waals surface area contributed by atoms with Gasteiger partial charge in [-0.2, -0.15) is 0 Å². The van der Waals surface area contributed by atoms with Gasteiger partial charge in [0.25, 0.3) is 16.8 Å². The summed E-state index contributed by atoms with van der Waals surface area (Å²) < 4.78 is 2.07. The first-order valence-electron chi connectivity index (χ1n) is 12.6. The van der Waals surface area contributed by atoms with Crippen LogP contribution in [0.25, 0.3) is 17.0 Å². The van der Waals surface area contributed by atoms with Gasteiger partial charge in [-0.3, -0.25) is 29.4 Å². The van der Waals surface area contributed by atoms with E-state index >= 15 is 0 Å². The number of nitrogens with zero attached hydrogens (tertiary/aromatic N) is 3. The van der Waals surface area contributed by atoms with Crippen LogP contribution in [0, 0.1) is 30.9 Å². The molecule has 1 aliphatic heterocycles. The Morgan fingerprint density at radius 3 is 2.42 bits per heavy atom. The quantitative estimate of drug-likeness (QED) is 0.165. The molecule has 0 atom stereocenters. The van der Waals surface area contributed by atoms with E-state index in [0.29, 0.717) is 12.2 Å². The van der Waals surface area contributed by atoms with Gasteiger partial charge in [0.2, 0.25) is 5.91 Å². The second-order valence-corrected chi connectivity index (χ2v) is 10.6. The maximum Gasteiger partial charge on any atom is 0.294 e. The van der Waals surface area contributed by atoms with Gasteiger partial charge >= 0.3 is 0 Å². The third kappa shape index (κ3) is 5.26. The minimum absolute atomic E-state index is 0.0249. The fourth-order valence-corrected chi connectivity index (χ4v) is 5.50. The van der Waals surface area contributed by atoms with E-state index in [1.165, 1.54) is 12.1 Å². The molecule has 4 aromatic rings. The number of nitro groups is 1. The zero-order chi connectivity index (χ0) is 28.6.